The number of hydrogen-bond acceptors (Lipinski definition) is 7. The van der Waals surface area contributed by atoms with E-state index in [9.17, 15) is 14.7 Å². The molecule has 3 saturated carbocycles. The lowest BCUT2D eigenvalue weighted by atomic mass is 9.56. The van der Waals surface area contributed by atoms with Crippen LogP contribution in [0.5, 0.6) is 0 Å². The minimum Gasteiger partial charge on any atom is -0.478 e. The largest absolute Gasteiger partial charge is 0.478 e. The number of rotatable bonds is 7. The molecule has 8 rings (SSSR count). The van der Waals surface area contributed by atoms with E-state index in [0.717, 1.165) is 58.4 Å². The number of halogens is 3. The van der Waals surface area contributed by atoms with Crippen LogP contribution >= 0.6 is 57.5 Å². The predicted octanol–water partition coefficient (Wildman–Crippen LogP) is 9.30. The summed E-state index contributed by atoms with van der Waals surface area (Å²) in [6.07, 6.45) is 11.3. The summed E-state index contributed by atoms with van der Waals surface area (Å²) in [4.78, 5) is 36.1. The summed E-state index contributed by atoms with van der Waals surface area (Å²) in [6.45, 7) is 4.65. The second kappa shape index (κ2) is 12.6. The summed E-state index contributed by atoms with van der Waals surface area (Å²) >= 11 is 22.3. The molecule has 0 radical (unpaired) electrons. The third-order valence-electron chi connectivity index (χ3n) is 11.6. The number of fused-ring (bicyclic) bond motifs is 3. The molecule has 2 saturated heterocycles. The van der Waals surface area contributed by atoms with E-state index in [1.54, 1.807) is 11.3 Å². The van der Waals surface area contributed by atoms with Crippen molar-refractivity contribution in [3.8, 4) is 10.6 Å². The average Bonchev–Trinajstić information content (AvgIpc) is 3.82. The van der Waals surface area contributed by atoms with Gasteiger partial charge in [-0.1, -0.05) is 52.6 Å². The molecule has 0 spiro atoms. The Hall–Kier alpha value is -2.14. The molecule has 12 heteroatoms. The fourth-order valence-electron chi connectivity index (χ4n) is 9.42. The number of carboxylic acid groups (broad SMARTS) is 1. The van der Waals surface area contributed by atoms with Crippen molar-refractivity contribution < 1.29 is 14.7 Å². The van der Waals surface area contributed by atoms with Gasteiger partial charge in [-0.3, -0.25) is 15.0 Å². The lowest BCUT2D eigenvalue weighted by molar-refractivity contribution is -0.132. The Morgan fingerprint density at radius 2 is 1.74 bits per heavy atom. The Morgan fingerprint density at radius 3 is 2.49 bits per heavy atom. The highest BCUT2D eigenvalue weighted by Crippen LogP contribution is 2.55. The number of aromatic nitrogens is 1. The number of carboxylic acids is 1. The third kappa shape index (κ3) is 6.03. The Labute approximate surface area is 297 Å². The summed E-state index contributed by atoms with van der Waals surface area (Å²) < 4.78 is 0. The van der Waals surface area contributed by atoms with Gasteiger partial charge in [0.05, 0.1) is 19.9 Å². The SMILES string of the molecule is C/C(=C\c1c(Cl)cc(C(=O)Nc2nc(-c3cc(Cl)cs3)c(N3C[C@H]4CCN(C5CC6CC[C@H]7C[C@@H]6C[C@@H]5C7)[C@H]4C3)s2)cc1Cl)C(=O)O. The normalized spacial score (nSPS) is 30.2. The van der Waals surface area contributed by atoms with Crippen molar-refractivity contribution in [3.63, 3.8) is 0 Å². The van der Waals surface area contributed by atoms with E-state index in [0.29, 0.717) is 27.7 Å². The molecule has 1 amide bonds. The van der Waals surface area contributed by atoms with E-state index >= 15 is 0 Å². The van der Waals surface area contributed by atoms with Crippen LogP contribution in [-0.4, -0.2) is 58.6 Å². The Balaban J connectivity index is 1.04. The van der Waals surface area contributed by atoms with Crippen LogP contribution in [0.3, 0.4) is 0 Å². The number of aliphatic carboxylic acids is 1. The highest BCUT2D eigenvalue weighted by molar-refractivity contribution is 7.21. The fraction of sp³-hybridized carbons (Fsp3) is 0.514. The number of carbonyl (C=O) groups excluding carboxylic acids is 1. The minimum atomic E-state index is -1.07. The van der Waals surface area contributed by atoms with Crippen LogP contribution in [0.25, 0.3) is 16.6 Å². The zero-order valence-electron chi connectivity index (χ0n) is 26.1. The van der Waals surface area contributed by atoms with Gasteiger partial charge in [-0.15, -0.1) is 11.3 Å². The molecule has 4 heterocycles. The molecule has 2 aliphatic heterocycles. The first kappa shape index (κ1) is 32.1. The maximum absolute atomic E-state index is 13.5. The highest BCUT2D eigenvalue weighted by Gasteiger charge is 2.51. The van der Waals surface area contributed by atoms with E-state index in [1.165, 1.54) is 88.0 Å². The molecule has 248 valence electrons. The molecule has 2 aromatic heterocycles. The summed E-state index contributed by atoms with van der Waals surface area (Å²) in [5, 5.41) is 16.8. The van der Waals surface area contributed by atoms with Gasteiger partial charge in [-0.25, -0.2) is 9.78 Å². The lowest BCUT2D eigenvalue weighted by Crippen LogP contribution is -2.53. The molecule has 7 atom stereocenters. The highest BCUT2D eigenvalue weighted by atomic mass is 35.5. The van der Waals surface area contributed by atoms with Crippen LogP contribution < -0.4 is 10.2 Å². The number of nitrogens with zero attached hydrogens (tertiary/aromatic N) is 3. The van der Waals surface area contributed by atoms with Gasteiger partial charge >= 0.3 is 5.97 Å². The average molecular weight is 732 g/mol. The third-order valence-corrected chi connectivity index (χ3v) is 14.5. The molecule has 5 fully saturated rings. The molecule has 5 aliphatic rings. The van der Waals surface area contributed by atoms with Crippen LogP contribution in [0.1, 0.15) is 67.8 Å². The first-order chi connectivity index (χ1) is 22.6. The maximum atomic E-state index is 13.5. The Kier molecular flexibility index (Phi) is 8.62. The molecule has 3 aromatic rings. The van der Waals surface area contributed by atoms with E-state index in [1.807, 2.05) is 11.4 Å². The number of amides is 1. The van der Waals surface area contributed by atoms with Crippen molar-refractivity contribution in [1.29, 1.82) is 0 Å². The number of thiophene rings is 1. The quantitative estimate of drug-likeness (QED) is 0.236. The second-order valence-electron chi connectivity index (χ2n) is 14.2. The number of hydrogen-bond donors (Lipinski definition) is 2. The Bertz CT molecular complexity index is 1750. The molecule has 2 unspecified atom stereocenters. The summed E-state index contributed by atoms with van der Waals surface area (Å²) in [6, 6.07) is 6.23. The summed E-state index contributed by atoms with van der Waals surface area (Å²) in [5.41, 5.74) is 1.56. The fourth-order valence-corrected chi connectivity index (χ4v) is 12.1. The zero-order chi connectivity index (χ0) is 32.6. The molecule has 3 aliphatic carbocycles. The van der Waals surface area contributed by atoms with Crippen LogP contribution in [-0.2, 0) is 4.79 Å². The molecule has 2 N–H and O–H groups in total. The molecule has 7 nitrogen and oxygen atoms in total. The van der Waals surface area contributed by atoms with Gasteiger partial charge in [0.2, 0.25) is 0 Å². The van der Waals surface area contributed by atoms with Crippen molar-refractivity contribution in [2.24, 2.45) is 29.6 Å². The topological polar surface area (TPSA) is 85.8 Å². The molecule has 1 aromatic carbocycles. The zero-order valence-corrected chi connectivity index (χ0v) is 30.0. The number of thiazole rings is 1. The molecular formula is C35H37Cl3N4O3S2. The minimum absolute atomic E-state index is 0.0880. The van der Waals surface area contributed by atoms with Gasteiger partial charge in [0, 0.05) is 47.3 Å². The van der Waals surface area contributed by atoms with Crippen LogP contribution in [0.2, 0.25) is 15.1 Å². The second-order valence-corrected chi connectivity index (χ2v) is 17.4. The van der Waals surface area contributed by atoms with Gasteiger partial charge in [-0.05, 0) is 106 Å². The van der Waals surface area contributed by atoms with Crippen molar-refractivity contribution >= 4 is 85.6 Å². The first-order valence-electron chi connectivity index (χ1n) is 16.6. The molecule has 47 heavy (non-hydrogen) atoms. The lowest BCUT2D eigenvalue weighted by Gasteiger charge is -2.54. The van der Waals surface area contributed by atoms with E-state index in [2.05, 4.69) is 15.1 Å². The molecule has 3 bridgehead atoms. The van der Waals surface area contributed by atoms with Gasteiger partial charge in [-0.2, -0.15) is 0 Å². The van der Waals surface area contributed by atoms with Crippen LogP contribution in [0.15, 0.2) is 29.2 Å². The smallest absolute Gasteiger partial charge is 0.331 e. The number of benzene rings is 1. The molecular weight excluding hydrogens is 695 g/mol. The van der Waals surface area contributed by atoms with Gasteiger partial charge < -0.3 is 10.0 Å². The van der Waals surface area contributed by atoms with E-state index < -0.39 is 11.9 Å². The van der Waals surface area contributed by atoms with Crippen LogP contribution in [0.4, 0.5) is 10.1 Å². The standard InChI is InChI=1S/C35H37Cl3N4O3S2/c1-17(34(44)45)6-25-26(37)10-23(11-27(25)38)32(43)40-35-39-31(30-13-24(36)16-46-30)33(47-35)41-14-20-4-5-42(29(20)15-41)28-12-19-3-2-18-7-21(19)9-22(28)8-18/h6,10-11,13,16,18-22,28-29H,2-5,7-9,12,14-15H2,1H3,(H,44,45)(H,39,40,43)/b17-6+/t18-,19?,20+,21+,22-,28?,29-/m0/s1. The van der Waals surface area contributed by atoms with Crippen molar-refractivity contribution in [2.75, 3.05) is 29.9 Å². The number of likely N-dealkylation sites (tertiary alicyclic amines) is 1. The van der Waals surface area contributed by atoms with Gasteiger partial charge in [0.25, 0.3) is 5.91 Å². The van der Waals surface area contributed by atoms with Crippen LogP contribution in [0, 0.1) is 29.6 Å². The van der Waals surface area contributed by atoms with Gasteiger partial charge in [0.1, 0.15) is 10.7 Å². The summed E-state index contributed by atoms with van der Waals surface area (Å²) in [5.74, 6) is 2.91. The maximum Gasteiger partial charge on any atom is 0.331 e. The first-order valence-corrected chi connectivity index (χ1v) is 19.4. The predicted molar refractivity (Wildman–Crippen MR) is 192 cm³/mol. The van der Waals surface area contributed by atoms with Crippen molar-refractivity contribution in [1.82, 2.24) is 9.88 Å². The van der Waals surface area contributed by atoms with Gasteiger partial charge in [0.15, 0.2) is 5.13 Å². The number of nitrogens with one attached hydrogen (secondary N) is 1. The number of carbonyl (C=O) groups is 2. The summed E-state index contributed by atoms with van der Waals surface area (Å²) in [7, 11) is 0. The van der Waals surface area contributed by atoms with E-state index in [-0.39, 0.29) is 21.2 Å². The van der Waals surface area contributed by atoms with Crippen molar-refractivity contribution in [2.45, 2.75) is 64.0 Å². The number of anilines is 2. The monoisotopic (exact) mass is 730 g/mol. The van der Waals surface area contributed by atoms with Crippen molar-refractivity contribution in [3.05, 3.63) is 55.3 Å². The van der Waals surface area contributed by atoms with E-state index in [4.69, 9.17) is 39.8 Å². The Morgan fingerprint density at radius 1 is 0.957 bits per heavy atom.